The second-order valence-electron chi connectivity index (χ2n) is 5.49. The molecule has 0 unspecified atom stereocenters. The van der Waals surface area contributed by atoms with E-state index >= 15 is 0 Å². The molecule has 5 nitrogen and oxygen atoms in total. The van der Waals surface area contributed by atoms with E-state index in [0.29, 0.717) is 6.54 Å². The van der Waals surface area contributed by atoms with Crippen molar-refractivity contribution in [3.63, 3.8) is 0 Å². The summed E-state index contributed by atoms with van der Waals surface area (Å²) in [5.74, 6) is -0.506. The molecule has 0 saturated carbocycles. The molecule has 0 fully saturated rings. The minimum atomic E-state index is -0.525. The Balaban J connectivity index is 4.19. The second kappa shape index (κ2) is 7.36. The number of rotatable bonds is 6. The maximum absolute atomic E-state index is 11.9. The fraction of sp³-hybridized carbons (Fsp3) is 0.846. The van der Waals surface area contributed by atoms with Crippen molar-refractivity contribution in [1.82, 2.24) is 4.90 Å². The lowest BCUT2D eigenvalue weighted by atomic mass is 10.2. The van der Waals surface area contributed by atoms with Crippen LogP contribution in [0, 0.1) is 0 Å². The average Bonchev–Trinajstić information content (AvgIpc) is 2.19. The van der Waals surface area contributed by atoms with Crippen molar-refractivity contribution in [2.75, 3.05) is 13.2 Å². The van der Waals surface area contributed by atoms with Gasteiger partial charge in [-0.1, -0.05) is 0 Å². The summed E-state index contributed by atoms with van der Waals surface area (Å²) in [6, 6.07) is 0.0169. The van der Waals surface area contributed by atoms with Gasteiger partial charge in [0.25, 0.3) is 0 Å². The predicted octanol–water partition coefficient (Wildman–Crippen LogP) is 1.34. The molecule has 106 valence electrons. The predicted molar refractivity (Wildman–Crippen MR) is 69.0 cm³/mol. The van der Waals surface area contributed by atoms with E-state index in [2.05, 4.69) is 0 Å². The maximum atomic E-state index is 11.9. The number of carbonyl (C=O) groups excluding carboxylic acids is 2. The smallest absolute Gasteiger partial charge is 0.306 e. The van der Waals surface area contributed by atoms with Crippen molar-refractivity contribution >= 4 is 11.9 Å². The zero-order valence-corrected chi connectivity index (χ0v) is 12.0. The minimum Gasteiger partial charge on any atom is -0.460 e. The lowest BCUT2D eigenvalue weighted by Gasteiger charge is -2.26. The van der Waals surface area contributed by atoms with Crippen LogP contribution in [0.2, 0.25) is 0 Å². The van der Waals surface area contributed by atoms with Gasteiger partial charge in [-0.05, 0) is 34.6 Å². The summed E-state index contributed by atoms with van der Waals surface area (Å²) in [7, 11) is 0. The van der Waals surface area contributed by atoms with Crippen molar-refractivity contribution in [2.24, 2.45) is 0 Å². The lowest BCUT2D eigenvalue weighted by molar-refractivity contribution is -0.156. The third kappa shape index (κ3) is 7.27. The molecule has 0 heterocycles. The number of ether oxygens (including phenoxy) is 1. The van der Waals surface area contributed by atoms with Crippen LogP contribution in [-0.2, 0) is 14.3 Å². The SMILES string of the molecule is CC(C)N(CCO)C(=O)CCC(=O)OC(C)(C)C. The summed E-state index contributed by atoms with van der Waals surface area (Å²) in [5, 5.41) is 8.88. The number of hydrogen-bond acceptors (Lipinski definition) is 4. The van der Waals surface area contributed by atoms with Gasteiger partial charge in [0.05, 0.1) is 13.0 Å². The number of carbonyl (C=O) groups is 2. The van der Waals surface area contributed by atoms with Crippen molar-refractivity contribution < 1.29 is 19.4 Å². The zero-order chi connectivity index (χ0) is 14.3. The van der Waals surface area contributed by atoms with Gasteiger partial charge >= 0.3 is 5.97 Å². The molecule has 0 saturated heterocycles. The van der Waals surface area contributed by atoms with Crippen molar-refractivity contribution in [3.8, 4) is 0 Å². The van der Waals surface area contributed by atoms with Gasteiger partial charge < -0.3 is 14.7 Å². The molecule has 1 amide bonds. The quantitative estimate of drug-likeness (QED) is 0.731. The Morgan fingerprint density at radius 1 is 1.22 bits per heavy atom. The first kappa shape index (κ1) is 16.9. The topological polar surface area (TPSA) is 66.8 Å². The molecule has 5 heteroatoms. The standard InChI is InChI=1S/C13H25NO4/c1-10(2)14(8-9-15)11(16)6-7-12(17)18-13(3,4)5/h10,15H,6-9H2,1-5H3. The Labute approximate surface area is 109 Å². The monoisotopic (exact) mass is 259 g/mol. The number of hydrogen-bond donors (Lipinski definition) is 1. The van der Waals surface area contributed by atoms with E-state index in [9.17, 15) is 9.59 Å². The number of nitrogens with zero attached hydrogens (tertiary/aromatic N) is 1. The molecule has 0 bridgehead atoms. The Hall–Kier alpha value is -1.10. The minimum absolute atomic E-state index is 0.0169. The van der Waals surface area contributed by atoms with Crippen LogP contribution >= 0.6 is 0 Å². The average molecular weight is 259 g/mol. The van der Waals surface area contributed by atoms with E-state index in [0.717, 1.165) is 0 Å². The van der Waals surface area contributed by atoms with Crippen LogP contribution in [0.15, 0.2) is 0 Å². The normalized spacial score (nSPS) is 11.5. The molecule has 0 rings (SSSR count). The lowest BCUT2D eigenvalue weighted by Crippen LogP contribution is -2.39. The molecule has 0 aromatic rings. The molecule has 0 aliphatic heterocycles. The van der Waals surface area contributed by atoms with Gasteiger partial charge in [0.1, 0.15) is 5.60 Å². The number of aliphatic hydroxyl groups excluding tert-OH is 1. The number of esters is 1. The highest BCUT2D eigenvalue weighted by atomic mass is 16.6. The van der Waals surface area contributed by atoms with Gasteiger partial charge in [-0.2, -0.15) is 0 Å². The van der Waals surface area contributed by atoms with Crippen LogP contribution in [0.3, 0.4) is 0 Å². The van der Waals surface area contributed by atoms with Crippen molar-refractivity contribution in [2.45, 2.75) is 59.1 Å². The number of amides is 1. The van der Waals surface area contributed by atoms with E-state index in [4.69, 9.17) is 9.84 Å². The Morgan fingerprint density at radius 3 is 2.17 bits per heavy atom. The summed E-state index contributed by atoms with van der Waals surface area (Å²) < 4.78 is 5.13. The molecule has 0 aromatic carbocycles. The second-order valence-corrected chi connectivity index (χ2v) is 5.49. The van der Waals surface area contributed by atoms with E-state index in [-0.39, 0.29) is 37.4 Å². The van der Waals surface area contributed by atoms with Gasteiger partial charge in [-0.15, -0.1) is 0 Å². The molecule has 0 aliphatic rings. The van der Waals surface area contributed by atoms with Crippen LogP contribution in [0.25, 0.3) is 0 Å². The van der Waals surface area contributed by atoms with E-state index in [1.165, 1.54) is 0 Å². The van der Waals surface area contributed by atoms with Gasteiger partial charge in [0.15, 0.2) is 0 Å². The number of aliphatic hydroxyl groups is 1. The first-order valence-electron chi connectivity index (χ1n) is 6.29. The fourth-order valence-electron chi connectivity index (χ4n) is 1.52. The zero-order valence-electron chi connectivity index (χ0n) is 12.0. The molecule has 18 heavy (non-hydrogen) atoms. The highest BCUT2D eigenvalue weighted by Gasteiger charge is 2.20. The summed E-state index contributed by atoms with van der Waals surface area (Å²) in [6.45, 7) is 9.35. The van der Waals surface area contributed by atoms with E-state index in [1.54, 1.807) is 25.7 Å². The third-order valence-electron chi connectivity index (χ3n) is 2.25. The molecule has 0 spiro atoms. The van der Waals surface area contributed by atoms with Gasteiger partial charge in [0, 0.05) is 19.0 Å². The first-order valence-corrected chi connectivity index (χ1v) is 6.29. The van der Waals surface area contributed by atoms with Crippen LogP contribution in [0.4, 0.5) is 0 Å². The molecule has 1 N–H and O–H groups in total. The molecule has 0 aliphatic carbocycles. The highest BCUT2D eigenvalue weighted by molar-refractivity contribution is 5.81. The van der Waals surface area contributed by atoms with Gasteiger partial charge in [-0.3, -0.25) is 9.59 Å². The molecular formula is C13H25NO4. The first-order chi connectivity index (χ1) is 8.17. The molecular weight excluding hydrogens is 234 g/mol. The van der Waals surface area contributed by atoms with Gasteiger partial charge in [0.2, 0.25) is 5.91 Å². The fourth-order valence-corrected chi connectivity index (χ4v) is 1.52. The van der Waals surface area contributed by atoms with E-state index < -0.39 is 5.60 Å². The Kier molecular flexibility index (Phi) is 6.91. The third-order valence-corrected chi connectivity index (χ3v) is 2.25. The highest BCUT2D eigenvalue weighted by Crippen LogP contribution is 2.10. The van der Waals surface area contributed by atoms with Gasteiger partial charge in [-0.25, -0.2) is 0 Å². The summed E-state index contributed by atoms with van der Waals surface area (Å²) in [5.41, 5.74) is -0.525. The molecule has 0 atom stereocenters. The van der Waals surface area contributed by atoms with Crippen LogP contribution in [0.1, 0.15) is 47.5 Å². The van der Waals surface area contributed by atoms with Crippen LogP contribution in [0.5, 0.6) is 0 Å². The summed E-state index contributed by atoms with van der Waals surface area (Å²) in [4.78, 5) is 24.9. The van der Waals surface area contributed by atoms with Crippen LogP contribution in [-0.4, -0.2) is 46.7 Å². The Morgan fingerprint density at radius 2 is 1.78 bits per heavy atom. The maximum Gasteiger partial charge on any atom is 0.306 e. The molecule has 0 radical (unpaired) electrons. The Bertz CT molecular complexity index is 281. The van der Waals surface area contributed by atoms with Crippen LogP contribution < -0.4 is 0 Å². The van der Waals surface area contributed by atoms with E-state index in [1.807, 2.05) is 13.8 Å². The summed E-state index contributed by atoms with van der Waals surface area (Å²) in [6.07, 6.45) is 0.192. The molecule has 0 aromatic heterocycles. The summed E-state index contributed by atoms with van der Waals surface area (Å²) >= 11 is 0. The largest absolute Gasteiger partial charge is 0.460 e. The van der Waals surface area contributed by atoms with Crippen molar-refractivity contribution in [1.29, 1.82) is 0 Å². The van der Waals surface area contributed by atoms with Crippen molar-refractivity contribution in [3.05, 3.63) is 0 Å².